The van der Waals surface area contributed by atoms with E-state index in [2.05, 4.69) is 14.9 Å². The monoisotopic (exact) mass is 512 g/mol. The number of nitrogens with two attached hydrogens (primary N) is 2. The molecule has 2 aromatic heterocycles. The van der Waals surface area contributed by atoms with E-state index < -0.39 is 0 Å². The van der Waals surface area contributed by atoms with Crippen LogP contribution in [0.1, 0.15) is 57.4 Å². The van der Waals surface area contributed by atoms with Crippen molar-refractivity contribution in [3.63, 3.8) is 0 Å². The molecule has 11 heteroatoms. The van der Waals surface area contributed by atoms with Crippen LogP contribution in [-0.2, 0) is 0 Å². The number of nitrogens with one attached hydrogen (secondary N) is 1. The van der Waals surface area contributed by atoms with Crippen molar-refractivity contribution in [2.75, 3.05) is 10.3 Å². The van der Waals surface area contributed by atoms with Crippen molar-refractivity contribution in [1.82, 2.24) is 19.5 Å². The van der Waals surface area contributed by atoms with E-state index >= 15 is 0 Å². The number of para-hydroxylation sites is 1. The lowest BCUT2D eigenvalue weighted by molar-refractivity contribution is 0.410. The molecule has 2 saturated carbocycles. The van der Waals surface area contributed by atoms with Gasteiger partial charge in [0, 0.05) is 18.1 Å². The number of imidazole rings is 1. The summed E-state index contributed by atoms with van der Waals surface area (Å²) in [5.74, 6) is 7.65. The number of nitrogens with zero attached hydrogens (tertiary/aromatic N) is 5. The number of halogens is 3. The Hall–Kier alpha value is -1.84. The summed E-state index contributed by atoms with van der Waals surface area (Å²) in [4.78, 5) is 14.3. The van der Waals surface area contributed by atoms with E-state index in [9.17, 15) is 0 Å². The second kappa shape index (κ2) is 11.1. The van der Waals surface area contributed by atoms with Crippen molar-refractivity contribution < 1.29 is 0 Å². The van der Waals surface area contributed by atoms with Gasteiger partial charge in [0.25, 0.3) is 0 Å². The van der Waals surface area contributed by atoms with Crippen molar-refractivity contribution in [2.45, 2.75) is 69.5 Å². The van der Waals surface area contributed by atoms with Crippen molar-refractivity contribution >= 4 is 65.0 Å². The van der Waals surface area contributed by atoms with Crippen LogP contribution in [-0.4, -0.2) is 31.6 Å². The highest BCUT2D eigenvalue weighted by molar-refractivity contribution is 6.33. The highest BCUT2D eigenvalue weighted by Crippen LogP contribution is 2.36. The van der Waals surface area contributed by atoms with E-state index in [1.165, 1.54) is 17.9 Å². The number of hydrogen-bond donors (Lipinski definition) is 3. The zero-order chi connectivity index (χ0) is 21.4. The Morgan fingerprint density at radius 3 is 2.39 bits per heavy atom. The highest BCUT2D eigenvalue weighted by Gasteiger charge is 2.25. The van der Waals surface area contributed by atoms with Crippen LogP contribution in [0.15, 0.2) is 30.6 Å². The Bertz CT molecular complexity index is 1060. The zero-order valence-corrected chi connectivity index (χ0v) is 20.7. The summed E-state index contributed by atoms with van der Waals surface area (Å²) in [5, 5.41) is 5.60. The van der Waals surface area contributed by atoms with Crippen molar-refractivity contribution in [1.29, 1.82) is 0 Å². The molecule has 0 atom stereocenters. The molecule has 33 heavy (non-hydrogen) atoms. The van der Waals surface area contributed by atoms with Gasteiger partial charge in [-0.05, 0) is 50.7 Å². The summed E-state index contributed by atoms with van der Waals surface area (Å²) in [6, 6.07) is 8.49. The van der Waals surface area contributed by atoms with Crippen LogP contribution in [0.25, 0.3) is 11.2 Å². The van der Waals surface area contributed by atoms with E-state index in [1.54, 1.807) is 0 Å². The molecule has 5 N–H and O–H groups in total. The zero-order valence-electron chi connectivity index (χ0n) is 18.4. The first-order chi connectivity index (χ1) is 15.1. The van der Waals surface area contributed by atoms with Crippen LogP contribution in [0.3, 0.4) is 0 Å². The number of hydrazine groups is 1. The first-order valence-electron chi connectivity index (χ1n) is 11.2. The molecule has 1 aromatic carbocycles. The molecule has 0 radical (unpaired) electrons. The molecule has 2 fully saturated rings. The molecule has 0 aliphatic heterocycles. The van der Waals surface area contributed by atoms with Crippen LogP contribution in [0.4, 0.5) is 17.5 Å². The largest absolute Gasteiger partial charge is 0.351 e. The van der Waals surface area contributed by atoms with E-state index in [1.807, 2.05) is 30.6 Å². The van der Waals surface area contributed by atoms with Gasteiger partial charge in [-0.25, -0.2) is 10.8 Å². The normalized spacial score (nSPS) is 20.8. The van der Waals surface area contributed by atoms with Crippen LogP contribution in [0.5, 0.6) is 0 Å². The van der Waals surface area contributed by atoms with Gasteiger partial charge in [0.05, 0.1) is 17.0 Å². The summed E-state index contributed by atoms with van der Waals surface area (Å²) >= 11 is 6.42. The first kappa shape index (κ1) is 25.8. The van der Waals surface area contributed by atoms with Crippen LogP contribution in [0, 0.1) is 0 Å². The number of fused-ring (bicyclic) bond motifs is 1. The third kappa shape index (κ3) is 5.30. The van der Waals surface area contributed by atoms with Gasteiger partial charge in [-0.3, -0.25) is 5.01 Å². The smallest absolute Gasteiger partial charge is 0.227 e. The van der Waals surface area contributed by atoms with Gasteiger partial charge in [0.2, 0.25) is 5.95 Å². The molecule has 2 aliphatic rings. The molecule has 2 aliphatic carbocycles. The van der Waals surface area contributed by atoms with Gasteiger partial charge in [-0.2, -0.15) is 9.97 Å². The molecular weight excluding hydrogens is 483 g/mol. The molecule has 0 unspecified atom stereocenters. The number of benzene rings is 1. The average molecular weight is 514 g/mol. The molecule has 8 nitrogen and oxygen atoms in total. The molecular formula is C22H31Cl3N8. The number of rotatable bonds is 5. The Morgan fingerprint density at radius 2 is 1.70 bits per heavy atom. The van der Waals surface area contributed by atoms with Crippen LogP contribution in [0.2, 0.25) is 5.02 Å². The fraction of sp³-hybridized carbons (Fsp3) is 0.500. The van der Waals surface area contributed by atoms with Crippen LogP contribution >= 0.6 is 36.4 Å². The van der Waals surface area contributed by atoms with Gasteiger partial charge in [0.15, 0.2) is 17.0 Å². The second-order valence-electron chi connectivity index (χ2n) is 8.71. The predicted molar refractivity (Wildman–Crippen MR) is 139 cm³/mol. The summed E-state index contributed by atoms with van der Waals surface area (Å²) in [5.41, 5.74) is 8.25. The van der Waals surface area contributed by atoms with Gasteiger partial charge in [0.1, 0.15) is 0 Å². The molecule has 3 aromatic rings. The number of anilines is 3. The molecule has 0 bridgehead atoms. The molecule has 0 amide bonds. The average Bonchev–Trinajstić information content (AvgIpc) is 3.44. The van der Waals surface area contributed by atoms with E-state index in [-0.39, 0.29) is 24.8 Å². The van der Waals surface area contributed by atoms with Gasteiger partial charge in [-0.1, -0.05) is 36.6 Å². The van der Waals surface area contributed by atoms with Crippen LogP contribution < -0.4 is 21.9 Å². The second-order valence-corrected chi connectivity index (χ2v) is 9.12. The molecule has 5 rings (SSSR count). The fourth-order valence-electron chi connectivity index (χ4n) is 4.79. The summed E-state index contributed by atoms with van der Waals surface area (Å²) < 4.78 is 2.19. The Kier molecular flexibility index (Phi) is 8.64. The maximum absolute atomic E-state index is 6.53. The Labute approximate surface area is 211 Å². The quantitative estimate of drug-likeness (QED) is 0.320. The minimum atomic E-state index is 0. The van der Waals surface area contributed by atoms with E-state index in [0.717, 1.165) is 44.2 Å². The summed E-state index contributed by atoms with van der Waals surface area (Å²) in [6.45, 7) is 0. The first-order valence-corrected chi connectivity index (χ1v) is 11.5. The lowest BCUT2D eigenvalue weighted by atomic mass is 9.92. The molecule has 2 heterocycles. The van der Waals surface area contributed by atoms with Gasteiger partial charge >= 0.3 is 0 Å². The van der Waals surface area contributed by atoms with E-state index in [0.29, 0.717) is 46.1 Å². The maximum atomic E-state index is 6.53. The minimum Gasteiger partial charge on any atom is -0.351 e. The van der Waals surface area contributed by atoms with Crippen molar-refractivity contribution in [3.05, 3.63) is 35.6 Å². The number of hydrogen-bond acceptors (Lipinski definition) is 7. The number of aromatic nitrogens is 4. The molecule has 180 valence electrons. The fourth-order valence-corrected chi connectivity index (χ4v) is 5.02. The molecule has 0 spiro atoms. The van der Waals surface area contributed by atoms with E-state index in [4.69, 9.17) is 33.1 Å². The Morgan fingerprint density at radius 1 is 1.00 bits per heavy atom. The minimum absolute atomic E-state index is 0. The topological polar surface area (TPSA) is 111 Å². The Balaban J connectivity index is 0.00000153. The standard InChI is InChI=1S/C22H29ClN8.2ClH/c23-17-7-3-4-8-18(17)31(25)21-19-20(30(13-26-19)16-5-1-2-6-16)28-22(29-21)27-15-11-9-14(24)10-12-15;;/h3-4,7-8,13-16H,1-2,5-6,9-12,24-25H2,(H,27,28,29);2*1H. The maximum Gasteiger partial charge on any atom is 0.227 e. The van der Waals surface area contributed by atoms with Gasteiger partial charge < -0.3 is 15.6 Å². The summed E-state index contributed by atoms with van der Waals surface area (Å²) in [6.07, 6.45) is 10.7. The third-order valence-electron chi connectivity index (χ3n) is 6.57. The highest BCUT2D eigenvalue weighted by atomic mass is 35.5. The van der Waals surface area contributed by atoms with Crippen molar-refractivity contribution in [2.24, 2.45) is 11.6 Å². The summed E-state index contributed by atoms with van der Waals surface area (Å²) in [7, 11) is 0. The molecule has 0 saturated heterocycles. The lowest BCUT2D eigenvalue weighted by Gasteiger charge is -2.27. The lowest BCUT2D eigenvalue weighted by Crippen LogP contribution is -2.33. The van der Waals surface area contributed by atoms with Crippen molar-refractivity contribution in [3.8, 4) is 0 Å². The third-order valence-corrected chi connectivity index (χ3v) is 6.89. The predicted octanol–water partition coefficient (Wildman–Crippen LogP) is 5.13. The SMILES string of the molecule is Cl.Cl.NC1CCC(Nc2nc(N(N)c3ccccc3Cl)c3ncn(C4CCCC4)c3n2)CC1. The van der Waals surface area contributed by atoms with Gasteiger partial charge in [-0.15, -0.1) is 24.8 Å².